The van der Waals surface area contributed by atoms with E-state index in [1.54, 1.807) is 13.3 Å². The predicted octanol–water partition coefficient (Wildman–Crippen LogP) is 5.84. The van der Waals surface area contributed by atoms with Crippen LogP contribution in [0.4, 0.5) is 5.13 Å². The summed E-state index contributed by atoms with van der Waals surface area (Å²) in [6.07, 6.45) is 1.71. The maximum Gasteiger partial charge on any atom is 0.203 e. The van der Waals surface area contributed by atoms with Gasteiger partial charge in [-0.1, -0.05) is 66.7 Å². The summed E-state index contributed by atoms with van der Waals surface area (Å²) in [6.45, 7) is 0.447. The molecule has 5 nitrogen and oxygen atoms in total. The molecule has 0 bridgehead atoms. The third-order valence-electron chi connectivity index (χ3n) is 4.39. The number of nitrogens with one attached hydrogen (secondary N) is 1. The number of anilines is 1. The lowest BCUT2D eigenvalue weighted by Gasteiger charge is -2.13. The van der Waals surface area contributed by atoms with E-state index in [2.05, 4.69) is 15.5 Å². The number of thiazole rings is 1. The lowest BCUT2D eigenvalue weighted by Crippen LogP contribution is -2.01. The highest BCUT2D eigenvalue weighted by atomic mass is 32.1. The molecule has 150 valence electrons. The fourth-order valence-electron chi connectivity index (χ4n) is 2.90. The Morgan fingerprint density at radius 2 is 1.73 bits per heavy atom. The first-order valence-corrected chi connectivity index (χ1v) is 10.3. The molecular weight excluding hydrogens is 394 g/mol. The second-order valence-corrected chi connectivity index (χ2v) is 7.28. The number of hydrogen-bond acceptors (Lipinski definition) is 6. The maximum atomic E-state index is 6.05. The summed E-state index contributed by atoms with van der Waals surface area (Å²) >= 11 is 1.51. The van der Waals surface area contributed by atoms with Gasteiger partial charge in [0, 0.05) is 16.5 Å². The first kappa shape index (κ1) is 19.7. The van der Waals surface area contributed by atoms with Gasteiger partial charge in [0.1, 0.15) is 6.61 Å². The number of benzene rings is 3. The van der Waals surface area contributed by atoms with E-state index in [9.17, 15) is 0 Å². The van der Waals surface area contributed by atoms with Gasteiger partial charge in [0.25, 0.3) is 0 Å². The van der Waals surface area contributed by atoms with E-state index in [-0.39, 0.29) is 0 Å². The van der Waals surface area contributed by atoms with E-state index >= 15 is 0 Å². The van der Waals surface area contributed by atoms with Gasteiger partial charge in [-0.05, 0) is 17.7 Å². The molecule has 0 spiro atoms. The van der Waals surface area contributed by atoms with Crippen molar-refractivity contribution < 1.29 is 9.47 Å². The predicted molar refractivity (Wildman–Crippen MR) is 123 cm³/mol. The SMILES string of the molecule is COc1cccc(C=NNc2nc(-c3ccccc3)cs2)c1OCc1ccccc1. The van der Waals surface area contributed by atoms with Crippen molar-refractivity contribution >= 4 is 22.7 Å². The molecule has 1 heterocycles. The Bertz CT molecular complexity index is 1110. The van der Waals surface area contributed by atoms with Crippen molar-refractivity contribution in [2.24, 2.45) is 5.10 Å². The van der Waals surface area contributed by atoms with Crippen LogP contribution in [-0.4, -0.2) is 18.3 Å². The Kier molecular flexibility index (Phi) is 6.37. The summed E-state index contributed by atoms with van der Waals surface area (Å²) in [6, 6.07) is 25.8. The fourth-order valence-corrected chi connectivity index (χ4v) is 3.57. The number of rotatable bonds is 8. The molecule has 0 fully saturated rings. The molecule has 6 heteroatoms. The Hall–Kier alpha value is -3.64. The normalized spacial score (nSPS) is 10.8. The van der Waals surface area contributed by atoms with Gasteiger partial charge >= 0.3 is 0 Å². The molecular formula is C24H21N3O2S. The van der Waals surface area contributed by atoms with Crippen LogP contribution in [0.1, 0.15) is 11.1 Å². The van der Waals surface area contributed by atoms with E-state index in [0.717, 1.165) is 27.5 Å². The van der Waals surface area contributed by atoms with E-state index in [4.69, 9.17) is 9.47 Å². The van der Waals surface area contributed by atoms with Crippen molar-refractivity contribution in [3.8, 4) is 22.8 Å². The van der Waals surface area contributed by atoms with Gasteiger partial charge in [0.05, 0.1) is 19.0 Å². The van der Waals surface area contributed by atoms with Crippen molar-refractivity contribution in [1.82, 2.24) is 4.98 Å². The molecule has 0 aliphatic heterocycles. The van der Waals surface area contributed by atoms with Crippen LogP contribution in [-0.2, 0) is 6.61 Å². The summed E-state index contributed by atoms with van der Waals surface area (Å²) in [5.74, 6) is 1.31. The number of aromatic nitrogens is 1. The first-order valence-electron chi connectivity index (χ1n) is 9.47. The minimum atomic E-state index is 0.447. The molecule has 0 aliphatic carbocycles. The highest BCUT2D eigenvalue weighted by Crippen LogP contribution is 2.31. The molecule has 1 aromatic heterocycles. The molecule has 0 radical (unpaired) electrons. The average molecular weight is 416 g/mol. The van der Waals surface area contributed by atoms with Gasteiger partial charge in [-0.3, -0.25) is 5.43 Å². The Balaban J connectivity index is 1.47. The third-order valence-corrected chi connectivity index (χ3v) is 5.14. The lowest BCUT2D eigenvalue weighted by atomic mass is 10.2. The van der Waals surface area contributed by atoms with Crippen molar-refractivity contribution in [2.75, 3.05) is 12.5 Å². The average Bonchev–Trinajstić information content (AvgIpc) is 3.28. The zero-order chi connectivity index (χ0) is 20.6. The number of nitrogens with zero attached hydrogens (tertiary/aromatic N) is 2. The number of hydrogen-bond donors (Lipinski definition) is 1. The molecule has 3 aromatic carbocycles. The molecule has 4 rings (SSSR count). The van der Waals surface area contributed by atoms with E-state index in [1.165, 1.54) is 11.3 Å². The van der Waals surface area contributed by atoms with Gasteiger partial charge in [0.2, 0.25) is 5.13 Å². The van der Waals surface area contributed by atoms with Crippen LogP contribution < -0.4 is 14.9 Å². The summed E-state index contributed by atoms with van der Waals surface area (Å²) < 4.78 is 11.5. The van der Waals surface area contributed by atoms with Crippen LogP contribution in [0.3, 0.4) is 0 Å². The number of hydrazone groups is 1. The lowest BCUT2D eigenvalue weighted by molar-refractivity contribution is 0.284. The largest absolute Gasteiger partial charge is 0.493 e. The molecule has 30 heavy (non-hydrogen) atoms. The smallest absolute Gasteiger partial charge is 0.203 e. The standard InChI is InChI=1S/C24H21N3O2S/c1-28-22-14-8-13-20(23(22)29-16-18-9-4-2-5-10-18)15-25-27-24-26-21(17-30-24)19-11-6-3-7-12-19/h2-15,17H,16H2,1H3,(H,26,27). The van der Waals surface area contributed by atoms with Crippen LogP contribution in [0.15, 0.2) is 89.3 Å². The molecule has 1 N–H and O–H groups in total. The zero-order valence-corrected chi connectivity index (χ0v) is 17.3. The molecule has 0 unspecified atom stereocenters. The van der Waals surface area contributed by atoms with Gasteiger partial charge in [-0.15, -0.1) is 11.3 Å². The van der Waals surface area contributed by atoms with Crippen molar-refractivity contribution in [3.63, 3.8) is 0 Å². The van der Waals surface area contributed by atoms with Crippen molar-refractivity contribution in [2.45, 2.75) is 6.61 Å². The quantitative estimate of drug-likeness (QED) is 0.290. The Morgan fingerprint density at radius 1 is 0.967 bits per heavy atom. The number of methoxy groups -OCH3 is 1. The van der Waals surface area contributed by atoms with E-state index < -0.39 is 0 Å². The maximum absolute atomic E-state index is 6.05. The highest BCUT2D eigenvalue weighted by Gasteiger charge is 2.10. The second kappa shape index (κ2) is 9.71. The van der Waals surface area contributed by atoms with Gasteiger partial charge in [0.15, 0.2) is 11.5 Å². The van der Waals surface area contributed by atoms with Crippen LogP contribution in [0, 0.1) is 0 Å². The molecule has 4 aromatic rings. The summed E-state index contributed by atoms with van der Waals surface area (Å²) in [5, 5.41) is 7.08. The van der Waals surface area contributed by atoms with E-state index in [1.807, 2.05) is 84.2 Å². The summed E-state index contributed by atoms with van der Waals surface area (Å²) in [5.41, 5.74) is 6.91. The Labute approximate surface area is 179 Å². The van der Waals surface area contributed by atoms with Crippen LogP contribution in [0.25, 0.3) is 11.3 Å². The second-order valence-electron chi connectivity index (χ2n) is 6.43. The highest BCUT2D eigenvalue weighted by molar-refractivity contribution is 7.14. The summed E-state index contributed by atoms with van der Waals surface area (Å²) in [7, 11) is 1.63. The van der Waals surface area contributed by atoms with Crippen LogP contribution in [0.5, 0.6) is 11.5 Å². The summed E-state index contributed by atoms with van der Waals surface area (Å²) in [4.78, 5) is 4.58. The van der Waals surface area contributed by atoms with Crippen molar-refractivity contribution in [3.05, 3.63) is 95.4 Å². The molecule has 0 saturated carbocycles. The number of ether oxygens (including phenoxy) is 2. The molecule has 0 amide bonds. The van der Waals surface area contributed by atoms with Gasteiger partial charge < -0.3 is 9.47 Å². The third kappa shape index (κ3) is 4.85. The molecule has 0 atom stereocenters. The van der Waals surface area contributed by atoms with Crippen LogP contribution >= 0.6 is 11.3 Å². The monoisotopic (exact) mass is 415 g/mol. The zero-order valence-electron chi connectivity index (χ0n) is 16.5. The van der Waals surface area contributed by atoms with Gasteiger partial charge in [-0.2, -0.15) is 5.10 Å². The fraction of sp³-hybridized carbons (Fsp3) is 0.0833. The molecule has 0 saturated heterocycles. The first-order chi connectivity index (χ1) is 14.8. The molecule has 0 aliphatic rings. The minimum Gasteiger partial charge on any atom is -0.493 e. The topological polar surface area (TPSA) is 55.7 Å². The number of para-hydroxylation sites is 1. The van der Waals surface area contributed by atoms with E-state index in [0.29, 0.717) is 18.1 Å². The van der Waals surface area contributed by atoms with Crippen molar-refractivity contribution in [1.29, 1.82) is 0 Å². The Morgan fingerprint density at radius 3 is 2.50 bits per heavy atom. The van der Waals surface area contributed by atoms with Gasteiger partial charge in [-0.25, -0.2) is 4.98 Å². The minimum absolute atomic E-state index is 0.447. The van der Waals surface area contributed by atoms with Crippen LogP contribution in [0.2, 0.25) is 0 Å².